The first-order chi connectivity index (χ1) is 15.1. The average Bonchev–Trinajstić information content (AvgIpc) is 3.14. The molecule has 2 heterocycles. The molecule has 0 amide bonds. The molecule has 0 radical (unpaired) electrons. The SMILES string of the molecule is CCn1ncc(S(=O)(=O)Nc2ccc(S(=O)(=O)Nc3cc(OC)nc(OC)n3)cc2)c1C. The quantitative estimate of drug-likeness (QED) is 0.463. The van der Waals surface area contributed by atoms with Gasteiger partial charge in [-0.2, -0.15) is 15.1 Å². The summed E-state index contributed by atoms with van der Waals surface area (Å²) in [6.45, 7) is 4.04. The van der Waals surface area contributed by atoms with E-state index in [2.05, 4.69) is 24.5 Å². The van der Waals surface area contributed by atoms with E-state index in [1.54, 1.807) is 11.6 Å². The van der Waals surface area contributed by atoms with E-state index >= 15 is 0 Å². The summed E-state index contributed by atoms with van der Waals surface area (Å²) < 4.78 is 66.9. The maximum Gasteiger partial charge on any atom is 0.321 e. The Hall–Kier alpha value is -3.39. The van der Waals surface area contributed by atoms with E-state index in [9.17, 15) is 16.8 Å². The molecule has 0 unspecified atom stereocenters. The summed E-state index contributed by atoms with van der Waals surface area (Å²) in [4.78, 5) is 7.76. The van der Waals surface area contributed by atoms with E-state index in [-0.39, 0.29) is 33.2 Å². The predicted molar refractivity (Wildman–Crippen MR) is 116 cm³/mol. The Kier molecular flexibility index (Phi) is 6.55. The number of anilines is 2. The van der Waals surface area contributed by atoms with Gasteiger partial charge < -0.3 is 9.47 Å². The molecule has 3 rings (SSSR count). The van der Waals surface area contributed by atoms with Crippen molar-refractivity contribution in [2.45, 2.75) is 30.2 Å². The fourth-order valence-corrected chi connectivity index (χ4v) is 5.00. The van der Waals surface area contributed by atoms with E-state index < -0.39 is 20.0 Å². The van der Waals surface area contributed by atoms with Crippen LogP contribution in [0.2, 0.25) is 0 Å². The fraction of sp³-hybridized carbons (Fsp3) is 0.278. The van der Waals surface area contributed by atoms with Gasteiger partial charge in [0.2, 0.25) is 5.88 Å². The van der Waals surface area contributed by atoms with Gasteiger partial charge in [0.1, 0.15) is 4.90 Å². The van der Waals surface area contributed by atoms with Crippen molar-refractivity contribution in [1.82, 2.24) is 19.7 Å². The first-order valence-electron chi connectivity index (χ1n) is 9.24. The van der Waals surface area contributed by atoms with Gasteiger partial charge in [-0.25, -0.2) is 16.8 Å². The van der Waals surface area contributed by atoms with E-state index in [0.29, 0.717) is 12.2 Å². The van der Waals surface area contributed by atoms with Crippen LogP contribution in [-0.4, -0.2) is 50.8 Å². The molecule has 0 bridgehead atoms. The molecule has 0 fully saturated rings. The highest BCUT2D eigenvalue weighted by molar-refractivity contribution is 7.93. The van der Waals surface area contributed by atoms with Crippen molar-refractivity contribution < 1.29 is 26.3 Å². The lowest BCUT2D eigenvalue weighted by atomic mass is 10.3. The van der Waals surface area contributed by atoms with Crippen LogP contribution in [0.3, 0.4) is 0 Å². The minimum absolute atomic E-state index is 0.0457. The number of hydrogen-bond donors (Lipinski definition) is 2. The molecule has 14 heteroatoms. The Labute approximate surface area is 185 Å². The Morgan fingerprint density at radius 1 is 0.969 bits per heavy atom. The molecule has 2 N–H and O–H groups in total. The third-order valence-corrected chi connectivity index (χ3v) is 7.23. The molecule has 172 valence electrons. The molecular formula is C18H22N6O6S2. The molecule has 32 heavy (non-hydrogen) atoms. The largest absolute Gasteiger partial charge is 0.481 e. The van der Waals surface area contributed by atoms with Gasteiger partial charge in [0.25, 0.3) is 20.0 Å². The number of ether oxygens (including phenoxy) is 2. The summed E-state index contributed by atoms with van der Waals surface area (Å²) in [6, 6.07) is 6.42. The molecule has 12 nitrogen and oxygen atoms in total. The zero-order valence-corrected chi connectivity index (χ0v) is 19.4. The molecular weight excluding hydrogens is 460 g/mol. The average molecular weight is 483 g/mol. The smallest absolute Gasteiger partial charge is 0.321 e. The van der Waals surface area contributed by atoms with E-state index in [1.165, 1.54) is 50.7 Å². The minimum atomic E-state index is -4.02. The van der Waals surface area contributed by atoms with E-state index in [0.717, 1.165) is 0 Å². The van der Waals surface area contributed by atoms with Gasteiger partial charge in [-0.1, -0.05) is 0 Å². The lowest BCUT2D eigenvalue weighted by Crippen LogP contribution is -2.16. The predicted octanol–water partition coefficient (Wildman–Crippen LogP) is 1.62. The number of benzene rings is 1. The molecule has 0 atom stereocenters. The number of rotatable bonds is 9. The number of nitrogens with zero attached hydrogens (tertiary/aromatic N) is 4. The zero-order valence-electron chi connectivity index (χ0n) is 17.7. The van der Waals surface area contributed by atoms with Gasteiger partial charge >= 0.3 is 6.01 Å². The highest BCUT2D eigenvalue weighted by Crippen LogP contribution is 2.23. The van der Waals surface area contributed by atoms with Crippen LogP contribution in [0.1, 0.15) is 12.6 Å². The molecule has 0 spiro atoms. The summed E-state index contributed by atoms with van der Waals surface area (Å²) in [6.07, 6.45) is 1.27. The van der Waals surface area contributed by atoms with Gasteiger partial charge in [0.05, 0.1) is 31.0 Å². The maximum absolute atomic E-state index is 12.7. The number of aromatic nitrogens is 4. The molecule has 2 aromatic heterocycles. The Bertz CT molecular complexity index is 1300. The molecule has 1 aromatic carbocycles. The Morgan fingerprint density at radius 2 is 1.66 bits per heavy atom. The van der Waals surface area contributed by atoms with Crippen molar-refractivity contribution in [3.8, 4) is 11.9 Å². The van der Waals surface area contributed by atoms with E-state index in [1.807, 2.05) is 6.92 Å². The highest BCUT2D eigenvalue weighted by Gasteiger charge is 2.22. The summed E-state index contributed by atoms with van der Waals surface area (Å²) in [5.41, 5.74) is 0.692. The van der Waals surface area contributed by atoms with Crippen molar-refractivity contribution >= 4 is 31.6 Å². The number of hydrogen-bond acceptors (Lipinski definition) is 9. The van der Waals surface area contributed by atoms with Crippen LogP contribution in [0, 0.1) is 6.92 Å². The van der Waals surface area contributed by atoms with Crippen LogP contribution in [0.25, 0.3) is 0 Å². The van der Waals surface area contributed by atoms with Gasteiger partial charge in [0.15, 0.2) is 5.82 Å². The van der Waals surface area contributed by atoms with Crippen LogP contribution in [0.5, 0.6) is 11.9 Å². The first-order valence-corrected chi connectivity index (χ1v) is 12.2. The van der Waals surface area contributed by atoms with Crippen molar-refractivity contribution in [1.29, 1.82) is 0 Å². The van der Waals surface area contributed by atoms with Crippen LogP contribution < -0.4 is 18.9 Å². The third kappa shape index (κ3) is 4.91. The normalized spacial score (nSPS) is 11.8. The highest BCUT2D eigenvalue weighted by atomic mass is 32.2. The van der Waals surface area contributed by atoms with E-state index in [4.69, 9.17) is 9.47 Å². The van der Waals surface area contributed by atoms with Crippen molar-refractivity contribution in [2.75, 3.05) is 23.7 Å². The standard InChI is InChI=1S/C18H22N6O6S2/c1-5-24-12(2)15(11-19-24)32(27,28)22-13-6-8-14(9-7-13)31(25,26)23-16-10-17(29-3)21-18(20-16)30-4/h6-11,22H,5H2,1-4H3,(H,20,21,23). The van der Waals surface area contributed by atoms with Crippen LogP contribution in [-0.2, 0) is 26.6 Å². The topological polar surface area (TPSA) is 154 Å². The summed E-state index contributed by atoms with van der Waals surface area (Å²) in [5, 5.41) is 4.03. The monoisotopic (exact) mass is 482 g/mol. The van der Waals surface area contributed by atoms with Crippen LogP contribution in [0.4, 0.5) is 11.5 Å². The van der Waals surface area contributed by atoms with Gasteiger partial charge in [0, 0.05) is 18.3 Å². The zero-order chi connectivity index (χ0) is 23.5. The lowest BCUT2D eigenvalue weighted by molar-refractivity contribution is 0.353. The van der Waals surface area contributed by atoms with Crippen molar-refractivity contribution in [2.24, 2.45) is 0 Å². The maximum atomic E-state index is 12.7. The molecule has 0 aliphatic carbocycles. The second kappa shape index (κ2) is 9.00. The number of methoxy groups -OCH3 is 2. The van der Waals surface area contributed by atoms with Gasteiger partial charge in [-0.3, -0.25) is 14.1 Å². The number of aryl methyl sites for hydroxylation is 1. The second-order valence-electron chi connectivity index (χ2n) is 6.43. The van der Waals surface area contributed by atoms with Gasteiger partial charge in [-0.15, -0.1) is 0 Å². The number of sulfonamides is 2. The molecule has 0 saturated heterocycles. The first kappa shape index (κ1) is 23.3. The number of nitrogens with one attached hydrogen (secondary N) is 2. The second-order valence-corrected chi connectivity index (χ2v) is 9.76. The summed E-state index contributed by atoms with van der Waals surface area (Å²) in [5.74, 6) is 0.0582. The van der Waals surface area contributed by atoms with Crippen molar-refractivity contribution in [3.05, 3.63) is 42.2 Å². The Morgan fingerprint density at radius 3 is 2.22 bits per heavy atom. The third-order valence-electron chi connectivity index (χ3n) is 4.38. The van der Waals surface area contributed by atoms with Crippen LogP contribution in [0.15, 0.2) is 46.3 Å². The van der Waals surface area contributed by atoms with Crippen LogP contribution >= 0.6 is 0 Å². The fourth-order valence-electron chi connectivity index (χ4n) is 2.77. The van der Waals surface area contributed by atoms with Crippen molar-refractivity contribution in [3.63, 3.8) is 0 Å². The molecule has 0 aliphatic rings. The molecule has 0 saturated carbocycles. The Balaban J connectivity index is 1.81. The minimum Gasteiger partial charge on any atom is -0.481 e. The van der Waals surface area contributed by atoms with Gasteiger partial charge in [-0.05, 0) is 38.1 Å². The molecule has 3 aromatic rings. The lowest BCUT2D eigenvalue weighted by Gasteiger charge is -2.11. The summed E-state index contributed by atoms with van der Waals surface area (Å²) in [7, 11) is -5.21. The molecule has 0 aliphatic heterocycles. The summed E-state index contributed by atoms with van der Waals surface area (Å²) >= 11 is 0.